The molecule has 28 heavy (non-hydrogen) atoms. The van der Waals surface area contributed by atoms with Crippen molar-refractivity contribution in [3.05, 3.63) is 80.3 Å². The molecule has 1 unspecified atom stereocenters. The number of rotatable bonds is 5. The number of hydrogen-bond donors (Lipinski definition) is 1. The highest BCUT2D eigenvalue weighted by Gasteiger charge is 2.40. The van der Waals surface area contributed by atoms with E-state index in [1.807, 2.05) is 0 Å². The molecule has 0 radical (unpaired) electrons. The van der Waals surface area contributed by atoms with Gasteiger partial charge >= 0.3 is 12.1 Å². The fourth-order valence-electron chi connectivity index (χ4n) is 2.45. The molecule has 0 aromatic heterocycles. The van der Waals surface area contributed by atoms with Gasteiger partial charge in [0.15, 0.2) is 0 Å². The number of halogens is 7. The largest absolute Gasteiger partial charge is 0.478 e. The van der Waals surface area contributed by atoms with Gasteiger partial charge in [0, 0.05) is 5.56 Å². The van der Waals surface area contributed by atoms with Crippen LogP contribution < -0.4 is 0 Å². The molecule has 2 rings (SSSR count). The summed E-state index contributed by atoms with van der Waals surface area (Å²) in [5, 5.41) is 8.54. The second-order valence-electron chi connectivity index (χ2n) is 5.64. The first-order valence-corrected chi connectivity index (χ1v) is 8.67. The highest BCUT2D eigenvalue weighted by atomic mass is 35.5. The van der Waals surface area contributed by atoms with Crippen LogP contribution in [-0.4, -0.2) is 17.3 Å². The van der Waals surface area contributed by atoms with Gasteiger partial charge in [-0.1, -0.05) is 53.5 Å². The van der Waals surface area contributed by atoms with E-state index in [4.69, 9.17) is 39.9 Å². The van der Waals surface area contributed by atoms with Gasteiger partial charge in [-0.15, -0.1) is 0 Å². The Kier molecular flexibility index (Phi) is 6.80. The maximum atomic E-state index is 14.6. The Bertz CT molecular complexity index is 945. The Morgan fingerprint density at radius 2 is 1.68 bits per heavy atom. The second kappa shape index (κ2) is 8.55. The van der Waals surface area contributed by atoms with E-state index in [1.165, 1.54) is 6.08 Å². The van der Waals surface area contributed by atoms with Crippen molar-refractivity contribution in [2.75, 3.05) is 0 Å². The summed E-state index contributed by atoms with van der Waals surface area (Å²) in [4.78, 5) is 11.1. The second-order valence-corrected chi connectivity index (χ2v) is 6.84. The first kappa shape index (κ1) is 22.3. The van der Waals surface area contributed by atoms with E-state index in [1.54, 1.807) is 0 Å². The summed E-state index contributed by atoms with van der Waals surface area (Å²) < 4.78 is 55.2. The lowest BCUT2D eigenvalue weighted by molar-refractivity contribution is -0.139. The number of carbonyl (C=O) groups is 1. The zero-order valence-corrected chi connectivity index (χ0v) is 16.1. The lowest BCUT2D eigenvalue weighted by Gasteiger charge is -2.19. The van der Waals surface area contributed by atoms with Crippen LogP contribution in [0.3, 0.4) is 0 Å². The average Bonchev–Trinajstić information content (AvgIpc) is 2.61. The van der Waals surface area contributed by atoms with Gasteiger partial charge in [0.2, 0.25) is 0 Å². The predicted octanol–water partition coefficient (Wildman–Crippen LogP) is 7.64. The molecule has 0 amide bonds. The van der Waals surface area contributed by atoms with Gasteiger partial charge in [-0.25, -0.2) is 9.18 Å². The molecule has 0 aliphatic rings. The predicted molar refractivity (Wildman–Crippen MR) is 103 cm³/mol. The summed E-state index contributed by atoms with van der Waals surface area (Å²) in [6, 6.07) is 5.16. The van der Waals surface area contributed by atoms with Crippen LogP contribution in [0.25, 0.3) is 11.9 Å². The van der Waals surface area contributed by atoms with Crippen LogP contribution in [0, 0.1) is 0 Å². The fraction of sp³-hybridized carbons (Fsp3) is 0.105. The minimum atomic E-state index is -4.85. The minimum Gasteiger partial charge on any atom is -0.478 e. The molecule has 0 heterocycles. The first-order valence-electron chi connectivity index (χ1n) is 7.54. The van der Waals surface area contributed by atoms with Crippen molar-refractivity contribution in [2.24, 2.45) is 0 Å². The Balaban J connectivity index is 2.56. The van der Waals surface area contributed by atoms with Crippen LogP contribution in [0.4, 0.5) is 17.6 Å². The molecule has 0 saturated heterocycles. The molecule has 0 fully saturated rings. The molecular formula is C19H11Cl3F4O2. The molecule has 2 aromatic carbocycles. The number of carboxylic acid groups (broad SMARTS) is 1. The van der Waals surface area contributed by atoms with Crippen molar-refractivity contribution >= 4 is 52.7 Å². The normalized spacial score (nSPS) is 13.3. The number of carboxylic acids is 1. The number of benzene rings is 2. The smallest absolute Gasteiger partial charge is 0.399 e. The van der Waals surface area contributed by atoms with Crippen LogP contribution in [-0.2, 0) is 0 Å². The summed E-state index contributed by atoms with van der Waals surface area (Å²) in [7, 11) is 0. The molecule has 1 N–H and O–H groups in total. The molecule has 1 atom stereocenters. The lowest BCUT2D eigenvalue weighted by Crippen LogP contribution is -2.19. The van der Waals surface area contributed by atoms with Crippen LogP contribution in [0.15, 0.2) is 43.0 Å². The van der Waals surface area contributed by atoms with Crippen molar-refractivity contribution in [3.63, 3.8) is 0 Å². The van der Waals surface area contributed by atoms with Crippen molar-refractivity contribution in [1.82, 2.24) is 0 Å². The van der Waals surface area contributed by atoms with E-state index in [9.17, 15) is 22.4 Å². The van der Waals surface area contributed by atoms with Gasteiger partial charge in [-0.3, -0.25) is 0 Å². The Morgan fingerprint density at radius 3 is 2.14 bits per heavy atom. The lowest BCUT2D eigenvalue weighted by atomic mass is 9.95. The standard InChI is InChI=1S/C19H11Cl3F4O2/c1-2-9-5-10(3-4-12(9)18(27)28)16(23)8-13(19(24,25)26)11-6-14(20)17(22)15(21)7-11/h2-8,13H,1H2,(H,27,28). The molecule has 148 valence electrons. The molecule has 9 heteroatoms. The van der Waals surface area contributed by atoms with Crippen LogP contribution in [0.2, 0.25) is 15.1 Å². The highest BCUT2D eigenvalue weighted by Crippen LogP contribution is 2.42. The number of alkyl halides is 3. The SMILES string of the molecule is C=Cc1cc(C(F)=CC(c2cc(Cl)c(Cl)c(Cl)c2)C(F)(F)F)ccc1C(=O)O. The van der Waals surface area contributed by atoms with Crippen molar-refractivity contribution in [1.29, 1.82) is 0 Å². The van der Waals surface area contributed by atoms with Crippen molar-refractivity contribution in [3.8, 4) is 0 Å². The third-order valence-electron chi connectivity index (χ3n) is 3.81. The van der Waals surface area contributed by atoms with Gasteiger partial charge in [0.1, 0.15) is 11.7 Å². The maximum Gasteiger partial charge on any atom is 0.399 e. The Hall–Kier alpha value is -2.02. The molecule has 0 aliphatic carbocycles. The highest BCUT2D eigenvalue weighted by molar-refractivity contribution is 6.48. The molecule has 0 saturated carbocycles. The van der Waals surface area contributed by atoms with Crippen LogP contribution in [0.5, 0.6) is 0 Å². The molecule has 2 aromatic rings. The maximum absolute atomic E-state index is 14.6. The number of aromatic carboxylic acids is 1. The summed E-state index contributed by atoms with van der Waals surface area (Å²) in [5.74, 6) is -4.83. The fourth-order valence-corrected chi connectivity index (χ4v) is 3.06. The number of allylic oxidation sites excluding steroid dienone is 1. The Labute approximate surface area is 172 Å². The molecular weight excluding hydrogens is 443 g/mol. The average molecular weight is 454 g/mol. The van der Waals surface area contributed by atoms with Crippen molar-refractivity contribution in [2.45, 2.75) is 12.1 Å². The topological polar surface area (TPSA) is 37.3 Å². The summed E-state index contributed by atoms with van der Waals surface area (Å²) in [5.41, 5.74) is -0.724. The minimum absolute atomic E-state index is 0.0645. The molecule has 0 aliphatic heterocycles. The van der Waals surface area contributed by atoms with Gasteiger partial charge in [0.05, 0.1) is 20.6 Å². The van der Waals surface area contributed by atoms with Crippen LogP contribution >= 0.6 is 34.8 Å². The quantitative estimate of drug-likeness (QED) is 0.373. The molecule has 0 bridgehead atoms. The van der Waals surface area contributed by atoms with E-state index >= 15 is 0 Å². The van der Waals surface area contributed by atoms with E-state index in [2.05, 4.69) is 6.58 Å². The van der Waals surface area contributed by atoms with Crippen LogP contribution in [0.1, 0.15) is 33.0 Å². The third-order valence-corrected chi connectivity index (χ3v) is 5.01. The van der Waals surface area contributed by atoms with E-state index in [0.717, 1.165) is 30.3 Å². The van der Waals surface area contributed by atoms with Gasteiger partial charge in [-0.2, -0.15) is 13.2 Å². The first-order chi connectivity index (χ1) is 13.0. The summed E-state index contributed by atoms with van der Waals surface area (Å²) >= 11 is 17.3. The van der Waals surface area contributed by atoms with Gasteiger partial charge in [0.25, 0.3) is 0 Å². The third kappa shape index (κ3) is 4.87. The van der Waals surface area contributed by atoms with E-state index in [-0.39, 0.29) is 31.8 Å². The van der Waals surface area contributed by atoms with Gasteiger partial charge < -0.3 is 5.11 Å². The van der Waals surface area contributed by atoms with E-state index < -0.39 is 29.5 Å². The zero-order valence-electron chi connectivity index (χ0n) is 13.8. The van der Waals surface area contributed by atoms with E-state index in [0.29, 0.717) is 6.08 Å². The monoisotopic (exact) mass is 452 g/mol. The Morgan fingerprint density at radius 1 is 1.11 bits per heavy atom. The molecule has 2 nitrogen and oxygen atoms in total. The van der Waals surface area contributed by atoms with Crippen molar-refractivity contribution < 1.29 is 27.5 Å². The zero-order chi connectivity index (χ0) is 21.2. The molecule has 0 spiro atoms. The van der Waals surface area contributed by atoms with Gasteiger partial charge in [-0.05, 0) is 41.5 Å². The summed E-state index contributed by atoms with van der Waals surface area (Å²) in [6.45, 7) is 3.42. The summed E-state index contributed by atoms with van der Waals surface area (Å²) in [6.07, 6.45) is -3.32. The number of hydrogen-bond acceptors (Lipinski definition) is 1.